The van der Waals surface area contributed by atoms with Crippen LogP contribution < -0.4 is 5.73 Å². The van der Waals surface area contributed by atoms with Crippen molar-refractivity contribution in [3.8, 4) is 0 Å². The van der Waals surface area contributed by atoms with E-state index in [1.54, 1.807) is 0 Å². The van der Waals surface area contributed by atoms with Gasteiger partial charge in [-0.1, -0.05) is 32.9 Å². The maximum Gasteiger partial charge on any atom is 0.230 e. The molecule has 1 heterocycles. The van der Waals surface area contributed by atoms with Crippen LogP contribution in [0.15, 0.2) is 4.52 Å². The lowest BCUT2D eigenvalue weighted by Crippen LogP contribution is -2.36. The summed E-state index contributed by atoms with van der Waals surface area (Å²) in [6, 6.07) is 0. The van der Waals surface area contributed by atoms with Crippen molar-refractivity contribution in [3.63, 3.8) is 0 Å². The molecule has 1 fully saturated rings. The summed E-state index contributed by atoms with van der Waals surface area (Å²) in [7, 11) is 0. The summed E-state index contributed by atoms with van der Waals surface area (Å²) in [5.41, 5.74) is 6.12. The topological polar surface area (TPSA) is 64.9 Å². The van der Waals surface area contributed by atoms with Gasteiger partial charge in [-0.05, 0) is 24.7 Å². The fraction of sp³-hybridized carbons (Fsp3) is 0.833. The third kappa shape index (κ3) is 1.75. The zero-order valence-corrected chi connectivity index (χ0v) is 10.6. The molecule has 1 aliphatic rings. The standard InChI is InChI=1S/C12H21N3O/c1-5-12(13,6-2)10-14-9(16-15-10)8-7-11(8,3)4/h8H,5-7,13H2,1-4H3. The maximum atomic E-state index is 6.23. The summed E-state index contributed by atoms with van der Waals surface area (Å²) in [6.45, 7) is 8.55. The molecule has 1 aromatic heterocycles. The van der Waals surface area contributed by atoms with Crippen molar-refractivity contribution in [1.29, 1.82) is 0 Å². The minimum Gasteiger partial charge on any atom is -0.339 e. The number of aromatic nitrogens is 2. The molecule has 1 unspecified atom stereocenters. The Labute approximate surface area is 96.6 Å². The summed E-state index contributed by atoms with van der Waals surface area (Å²) < 4.78 is 5.33. The van der Waals surface area contributed by atoms with Gasteiger partial charge in [0.1, 0.15) is 0 Å². The largest absolute Gasteiger partial charge is 0.339 e. The molecule has 0 saturated heterocycles. The van der Waals surface area contributed by atoms with E-state index < -0.39 is 5.54 Å². The predicted octanol–water partition coefficient (Wildman–Crippen LogP) is 2.56. The minimum atomic E-state index is -0.430. The van der Waals surface area contributed by atoms with E-state index in [9.17, 15) is 0 Å². The Balaban J connectivity index is 2.20. The first-order valence-electron chi connectivity index (χ1n) is 6.06. The van der Waals surface area contributed by atoms with Gasteiger partial charge in [-0.15, -0.1) is 0 Å². The Hall–Kier alpha value is -0.900. The average molecular weight is 223 g/mol. The van der Waals surface area contributed by atoms with Crippen LogP contribution in [0.25, 0.3) is 0 Å². The molecular weight excluding hydrogens is 202 g/mol. The van der Waals surface area contributed by atoms with Crippen LogP contribution in [0.4, 0.5) is 0 Å². The summed E-state index contributed by atoms with van der Waals surface area (Å²) in [6.07, 6.45) is 2.79. The first kappa shape index (κ1) is 11.6. The molecule has 0 aliphatic heterocycles. The summed E-state index contributed by atoms with van der Waals surface area (Å²) in [5.74, 6) is 1.85. The van der Waals surface area contributed by atoms with Crippen molar-refractivity contribution in [2.24, 2.45) is 11.1 Å². The van der Waals surface area contributed by atoms with E-state index in [4.69, 9.17) is 10.3 Å². The molecule has 1 atom stereocenters. The highest BCUT2D eigenvalue weighted by Crippen LogP contribution is 2.58. The zero-order chi connectivity index (χ0) is 12.0. The molecular formula is C12H21N3O. The molecule has 2 N–H and O–H groups in total. The van der Waals surface area contributed by atoms with Crippen LogP contribution in [0.1, 0.15) is 64.6 Å². The second kappa shape index (κ2) is 3.55. The van der Waals surface area contributed by atoms with Gasteiger partial charge in [0, 0.05) is 5.92 Å². The van der Waals surface area contributed by atoms with Crippen molar-refractivity contribution in [2.75, 3.05) is 0 Å². The van der Waals surface area contributed by atoms with Crippen LogP contribution in [0.5, 0.6) is 0 Å². The van der Waals surface area contributed by atoms with Crippen molar-refractivity contribution in [2.45, 2.75) is 58.4 Å². The van der Waals surface area contributed by atoms with E-state index in [1.165, 1.54) is 0 Å². The molecule has 0 amide bonds. The van der Waals surface area contributed by atoms with Gasteiger partial charge in [-0.2, -0.15) is 4.98 Å². The third-order valence-corrected chi connectivity index (χ3v) is 3.96. The van der Waals surface area contributed by atoms with Gasteiger partial charge in [-0.3, -0.25) is 0 Å². The highest BCUT2D eigenvalue weighted by Gasteiger charge is 2.50. The van der Waals surface area contributed by atoms with E-state index in [0.29, 0.717) is 17.2 Å². The normalized spacial score (nSPS) is 23.4. The van der Waals surface area contributed by atoms with Crippen LogP contribution >= 0.6 is 0 Å². The van der Waals surface area contributed by atoms with Crippen molar-refractivity contribution in [3.05, 3.63) is 11.7 Å². The molecule has 16 heavy (non-hydrogen) atoms. The van der Waals surface area contributed by atoms with E-state index in [2.05, 4.69) is 37.8 Å². The Morgan fingerprint density at radius 3 is 2.44 bits per heavy atom. The van der Waals surface area contributed by atoms with Gasteiger partial charge in [0.25, 0.3) is 0 Å². The van der Waals surface area contributed by atoms with Crippen molar-refractivity contribution in [1.82, 2.24) is 10.1 Å². The number of nitrogens with two attached hydrogens (primary N) is 1. The lowest BCUT2D eigenvalue weighted by Gasteiger charge is -2.21. The van der Waals surface area contributed by atoms with Crippen LogP contribution in [0.3, 0.4) is 0 Å². The van der Waals surface area contributed by atoms with E-state index in [0.717, 1.165) is 25.2 Å². The van der Waals surface area contributed by atoms with E-state index in [1.807, 2.05) is 0 Å². The monoisotopic (exact) mass is 223 g/mol. The highest BCUT2D eigenvalue weighted by atomic mass is 16.5. The van der Waals surface area contributed by atoms with Gasteiger partial charge >= 0.3 is 0 Å². The molecule has 1 aliphatic carbocycles. The SMILES string of the molecule is CCC(N)(CC)c1noc(C2CC2(C)C)n1. The number of nitrogens with zero attached hydrogens (tertiary/aromatic N) is 2. The number of hydrogen-bond donors (Lipinski definition) is 1. The predicted molar refractivity (Wildman–Crippen MR) is 61.9 cm³/mol. The molecule has 4 nitrogen and oxygen atoms in total. The molecule has 2 rings (SSSR count). The average Bonchev–Trinajstić information content (AvgIpc) is 2.70. The Kier molecular flexibility index (Phi) is 2.57. The van der Waals surface area contributed by atoms with Crippen molar-refractivity contribution >= 4 is 0 Å². The van der Waals surface area contributed by atoms with E-state index >= 15 is 0 Å². The van der Waals surface area contributed by atoms with Gasteiger partial charge < -0.3 is 10.3 Å². The number of hydrogen-bond acceptors (Lipinski definition) is 4. The molecule has 0 bridgehead atoms. The van der Waals surface area contributed by atoms with Crippen LogP contribution in [0, 0.1) is 5.41 Å². The quantitative estimate of drug-likeness (QED) is 0.852. The summed E-state index contributed by atoms with van der Waals surface area (Å²) in [4.78, 5) is 4.48. The first-order valence-corrected chi connectivity index (χ1v) is 6.06. The summed E-state index contributed by atoms with van der Waals surface area (Å²) >= 11 is 0. The van der Waals surface area contributed by atoms with Crippen LogP contribution in [0.2, 0.25) is 0 Å². The molecule has 4 heteroatoms. The van der Waals surface area contributed by atoms with Crippen LogP contribution in [-0.2, 0) is 5.54 Å². The van der Waals surface area contributed by atoms with Gasteiger partial charge in [0.2, 0.25) is 5.89 Å². The van der Waals surface area contributed by atoms with Gasteiger partial charge in [-0.25, -0.2) is 0 Å². The molecule has 1 saturated carbocycles. The second-order valence-corrected chi connectivity index (χ2v) is 5.56. The summed E-state index contributed by atoms with van der Waals surface area (Å²) in [5, 5.41) is 4.05. The molecule has 1 aromatic rings. The Morgan fingerprint density at radius 1 is 1.44 bits per heavy atom. The Morgan fingerprint density at radius 2 is 2.00 bits per heavy atom. The van der Waals surface area contributed by atoms with E-state index in [-0.39, 0.29) is 0 Å². The fourth-order valence-electron chi connectivity index (χ4n) is 2.03. The smallest absolute Gasteiger partial charge is 0.230 e. The Bertz CT molecular complexity index is 379. The third-order valence-electron chi connectivity index (χ3n) is 3.96. The minimum absolute atomic E-state index is 0.319. The fourth-order valence-corrected chi connectivity index (χ4v) is 2.03. The molecule has 0 spiro atoms. The maximum absolute atomic E-state index is 6.23. The van der Waals surface area contributed by atoms with Crippen molar-refractivity contribution < 1.29 is 4.52 Å². The molecule has 0 aromatic carbocycles. The lowest BCUT2D eigenvalue weighted by molar-refractivity contribution is 0.331. The first-order chi connectivity index (χ1) is 7.43. The van der Waals surface area contributed by atoms with Gasteiger partial charge in [0.05, 0.1) is 5.54 Å². The zero-order valence-electron chi connectivity index (χ0n) is 10.6. The van der Waals surface area contributed by atoms with Crippen LogP contribution in [-0.4, -0.2) is 10.1 Å². The number of rotatable bonds is 4. The lowest BCUT2D eigenvalue weighted by atomic mass is 9.93. The van der Waals surface area contributed by atoms with Gasteiger partial charge in [0.15, 0.2) is 5.82 Å². The molecule has 0 radical (unpaired) electrons. The highest BCUT2D eigenvalue weighted by molar-refractivity contribution is 5.15. The molecule has 90 valence electrons. The second-order valence-electron chi connectivity index (χ2n) is 5.56.